The molecule has 3 aromatic rings. The van der Waals surface area contributed by atoms with E-state index in [0.29, 0.717) is 35.0 Å². The zero-order valence-corrected chi connectivity index (χ0v) is 18.7. The Labute approximate surface area is 189 Å². The molecule has 8 heteroatoms. The molecule has 1 aromatic heterocycles. The van der Waals surface area contributed by atoms with E-state index in [1.54, 1.807) is 6.92 Å². The van der Waals surface area contributed by atoms with Crippen LogP contribution in [-0.2, 0) is 28.9 Å². The van der Waals surface area contributed by atoms with Gasteiger partial charge in [-0.25, -0.2) is 0 Å². The number of rotatable bonds is 5. The molecule has 0 N–H and O–H groups in total. The molecule has 7 nitrogen and oxygen atoms in total. The van der Waals surface area contributed by atoms with Crippen LogP contribution in [0.15, 0.2) is 35.3 Å². The first-order valence-electron chi connectivity index (χ1n) is 10.9. The van der Waals surface area contributed by atoms with Gasteiger partial charge < -0.3 is 18.8 Å². The number of carbonyl (C=O) groups is 2. The fraction of sp³-hybridized carbons (Fsp3) is 0.375. The van der Waals surface area contributed by atoms with Gasteiger partial charge in [-0.05, 0) is 55.9 Å². The number of esters is 1. The number of amides is 1. The number of carbonyl (C=O) groups excluding carboxylic acids is 2. The number of aryl methyl sites for hydroxylation is 3. The molecule has 32 heavy (non-hydrogen) atoms. The minimum absolute atomic E-state index is 0.184. The van der Waals surface area contributed by atoms with E-state index in [9.17, 15) is 9.59 Å². The Balaban J connectivity index is 1.54. The standard InChI is InChI=1S/C24H24N2O5S/c1-2-29-22(27)9-10-26-18-12-19-20(31-14-30-19)13-21(18)32-24(26)25-23(28)17-8-7-15-5-3-4-6-16(15)11-17/h7-8,11-13H,2-6,9-10,14H2,1H3. The predicted octanol–water partition coefficient (Wildman–Crippen LogP) is 4.00. The first-order valence-corrected chi connectivity index (χ1v) is 11.7. The van der Waals surface area contributed by atoms with E-state index in [0.717, 1.165) is 29.5 Å². The molecular weight excluding hydrogens is 428 g/mol. The summed E-state index contributed by atoms with van der Waals surface area (Å²) < 4.78 is 18.9. The third-order valence-corrected chi connectivity index (χ3v) is 6.86. The molecule has 1 aliphatic carbocycles. The molecule has 1 amide bonds. The molecule has 1 aliphatic heterocycles. The van der Waals surface area contributed by atoms with Gasteiger partial charge in [0.05, 0.1) is 23.2 Å². The Bertz CT molecular complexity index is 1270. The summed E-state index contributed by atoms with van der Waals surface area (Å²) in [6.07, 6.45) is 4.61. The van der Waals surface area contributed by atoms with Crippen molar-refractivity contribution in [1.82, 2.24) is 4.57 Å². The largest absolute Gasteiger partial charge is 0.466 e. The van der Waals surface area contributed by atoms with Gasteiger partial charge in [-0.15, -0.1) is 0 Å². The third kappa shape index (κ3) is 4.02. The van der Waals surface area contributed by atoms with Gasteiger partial charge in [0.1, 0.15) is 0 Å². The number of ether oxygens (including phenoxy) is 3. The van der Waals surface area contributed by atoms with E-state index in [4.69, 9.17) is 14.2 Å². The van der Waals surface area contributed by atoms with Crippen LogP contribution in [0.1, 0.15) is 47.7 Å². The molecule has 0 saturated heterocycles. The molecular formula is C24H24N2O5S. The van der Waals surface area contributed by atoms with Crippen LogP contribution in [-0.4, -0.2) is 29.8 Å². The van der Waals surface area contributed by atoms with Crippen LogP contribution < -0.4 is 14.3 Å². The summed E-state index contributed by atoms with van der Waals surface area (Å²) in [5.74, 6) is 0.749. The van der Waals surface area contributed by atoms with E-state index in [1.807, 2.05) is 28.8 Å². The highest BCUT2D eigenvalue weighted by molar-refractivity contribution is 7.16. The van der Waals surface area contributed by atoms with Crippen LogP contribution in [0.2, 0.25) is 0 Å². The summed E-state index contributed by atoms with van der Waals surface area (Å²) in [4.78, 5) is 30.0. The van der Waals surface area contributed by atoms with Crippen molar-refractivity contribution in [2.24, 2.45) is 4.99 Å². The van der Waals surface area contributed by atoms with Crippen LogP contribution in [0.25, 0.3) is 10.2 Å². The van der Waals surface area contributed by atoms with E-state index in [2.05, 4.69) is 11.1 Å². The molecule has 0 atom stereocenters. The van der Waals surface area contributed by atoms with Gasteiger partial charge in [-0.3, -0.25) is 9.59 Å². The average Bonchev–Trinajstić information content (AvgIpc) is 3.39. The van der Waals surface area contributed by atoms with Crippen molar-refractivity contribution < 1.29 is 23.8 Å². The topological polar surface area (TPSA) is 79.1 Å². The molecule has 0 spiro atoms. The lowest BCUT2D eigenvalue weighted by Crippen LogP contribution is -2.19. The quantitative estimate of drug-likeness (QED) is 0.547. The van der Waals surface area contributed by atoms with Gasteiger partial charge >= 0.3 is 5.97 Å². The van der Waals surface area contributed by atoms with E-state index in [-0.39, 0.29) is 25.1 Å². The third-order valence-electron chi connectivity index (χ3n) is 5.81. The second kappa shape index (κ2) is 8.78. The predicted molar refractivity (Wildman–Crippen MR) is 120 cm³/mol. The number of hydrogen-bond acceptors (Lipinski definition) is 6. The summed E-state index contributed by atoms with van der Waals surface area (Å²) >= 11 is 1.39. The Kier molecular flexibility index (Phi) is 5.70. The highest BCUT2D eigenvalue weighted by Crippen LogP contribution is 2.37. The number of benzene rings is 2. The normalized spacial score (nSPS) is 15.1. The van der Waals surface area contributed by atoms with Crippen LogP contribution in [0.3, 0.4) is 0 Å². The zero-order valence-electron chi connectivity index (χ0n) is 17.9. The van der Waals surface area contributed by atoms with Gasteiger partial charge in [0.15, 0.2) is 16.3 Å². The van der Waals surface area contributed by atoms with Crippen LogP contribution in [0.4, 0.5) is 0 Å². The minimum Gasteiger partial charge on any atom is -0.466 e. The van der Waals surface area contributed by atoms with Crippen LogP contribution in [0, 0.1) is 0 Å². The Morgan fingerprint density at radius 2 is 1.88 bits per heavy atom. The van der Waals surface area contributed by atoms with Gasteiger partial charge in [0.25, 0.3) is 5.91 Å². The first-order chi connectivity index (χ1) is 15.6. The molecule has 0 fully saturated rings. The molecule has 2 aliphatic rings. The fourth-order valence-corrected chi connectivity index (χ4v) is 5.28. The summed E-state index contributed by atoms with van der Waals surface area (Å²) in [5, 5.41) is 0. The van der Waals surface area contributed by atoms with Crippen molar-refractivity contribution in [2.75, 3.05) is 13.4 Å². The number of fused-ring (bicyclic) bond motifs is 3. The molecule has 2 aromatic carbocycles. The van der Waals surface area contributed by atoms with Crippen LogP contribution >= 0.6 is 11.3 Å². The van der Waals surface area contributed by atoms with Crippen molar-refractivity contribution >= 4 is 33.4 Å². The van der Waals surface area contributed by atoms with Gasteiger partial charge in [0.2, 0.25) is 6.79 Å². The molecule has 0 unspecified atom stereocenters. The summed E-state index contributed by atoms with van der Waals surface area (Å²) in [6, 6.07) is 9.67. The number of hydrogen-bond donors (Lipinski definition) is 0. The lowest BCUT2D eigenvalue weighted by Gasteiger charge is -2.15. The maximum atomic E-state index is 13.1. The van der Waals surface area contributed by atoms with E-state index < -0.39 is 0 Å². The van der Waals surface area contributed by atoms with Gasteiger partial charge in [0, 0.05) is 24.2 Å². The Morgan fingerprint density at radius 1 is 1.09 bits per heavy atom. The Hall–Kier alpha value is -3.13. The highest BCUT2D eigenvalue weighted by Gasteiger charge is 2.19. The zero-order chi connectivity index (χ0) is 22.1. The summed E-state index contributed by atoms with van der Waals surface area (Å²) in [5.41, 5.74) is 4.01. The first kappa shape index (κ1) is 20.8. The molecule has 0 bridgehead atoms. The number of thiazole rings is 1. The number of nitrogens with zero attached hydrogens (tertiary/aromatic N) is 2. The Morgan fingerprint density at radius 3 is 2.69 bits per heavy atom. The van der Waals surface area contributed by atoms with Crippen molar-refractivity contribution in [3.63, 3.8) is 0 Å². The highest BCUT2D eigenvalue weighted by atomic mass is 32.1. The van der Waals surface area contributed by atoms with E-state index >= 15 is 0 Å². The molecule has 0 radical (unpaired) electrons. The number of aromatic nitrogens is 1. The SMILES string of the molecule is CCOC(=O)CCn1c(=NC(=O)c2ccc3c(c2)CCCC3)sc2cc3c(cc21)OCO3. The summed E-state index contributed by atoms with van der Waals surface area (Å²) in [6.45, 7) is 2.66. The minimum atomic E-state index is -0.285. The van der Waals surface area contributed by atoms with Gasteiger partial charge in [-0.2, -0.15) is 4.99 Å². The van der Waals surface area contributed by atoms with Crippen molar-refractivity contribution in [1.29, 1.82) is 0 Å². The summed E-state index contributed by atoms with van der Waals surface area (Å²) in [7, 11) is 0. The molecule has 0 saturated carbocycles. The molecule has 2 heterocycles. The van der Waals surface area contributed by atoms with Crippen LogP contribution in [0.5, 0.6) is 11.5 Å². The molecule has 166 valence electrons. The fourth-order valence-electron chi connectivity index (χ4n) is 4.22. The second-order valence-electron chi connectivity index (χ2n) is 7.87. The maximum absolute atomic E-state index is 13.1. The monoisotopic (exact) mass is 452 g/mol. The van der Waals surface area contributed by atoms with Crippen molar-refractivity contribution in [3.8, 4) is 11.5 Å². The van der Waals surface area contributed by atoms with Crippen molar-refractivity contribution in [3.05, 3.63) is 51.8 Å². The lowest BCUT2D eigenvalue weighted by molar-refractivity contribution is -0.143. The smallest absolute Gasteiger partial charge is 0.307 e. The molecule has 5 rings (SSSR count). The second-order valence-corrected chi connectivity index (χ2v) is 8.88. The van der Waals surface area contributed by atoms with E-state index in [1.165, 1.54) is 28.9 Å². The lowest BCUT2D eigenvalue weighted by atomic mass is 9.90. The van der Waals surface area contributed by atoms with Crippen molar-refractivity contribution in [2.45, 2.75) is 45.6 Å². The average molecular weight is 453 g/mol. The maximum Gasteiger partial charge on any atom is 0.307 e. The van der Waals surface area contributed by atoms with Gasteiger partial charge in [-0.1, -0.05) is 17.4 Å².